The molecule has 0 spiro atoms. The molecular formula is C16H25NO2. The highest BCUT2D eigenvalue weighted by atomic mass is 16.3. The van der Waals surface area contributed by atoms with Crippen molar-refractivity contribution in [2.24, 2.45) is 0 Å². The third-order valence-electron chi connectivity index (χ3n) is 3.28. The first kappa shape index (κ1) is 15.7. The van der Waals surface area contributed by atoms with Gasteiger partial charge in [-0.15, -0.1) is 0 Å². The molecule has 1 aromatic rings. The lowest BCUT2D eigenvalue weighted by Gasteiger charge is -2.14. The van der Waals surface area contributed by atoms with Gasteiger partial charge in [-0.05, 0) is 30.4 Å². The molecule has 3 heteroatoms. The lowest BCUT2D eigenvalue weighted by molar-refractivity contribution is -0.121. The molecule has 1 rings (SSSR count). The third kappa shape index (κ3) is 5.88. The molecule has 0 aliphatic carbocycles. The molecule has 1 aromatic carbocycles. The van der Waals surface area contributed by atoms with E-state index in [1.54, 1.807) is 0 Å². The molecule has 0 unspecified atom stereocenters. The molecule has 0 aliphatic rings. The lowest BCUT2D eigenvalue weighted by Crippen LogP contribution is -2.37. The van der Waals surface area contributed by atoms with Crippen molar-refractivity contribution in [2.45, 2.75) is 52.0 Å². The number of aliphatic hydroxyl groups excluding tert-OH is 1. The Hall–Kier alpha value is -1.35. The van der Waals surface area contributed by atoms with E-state index in [2.05, 4.69) is 24.4 Å². The summed E-state index contributed by atoms with van der Waals surface area (Å²) in [6.45, 7) is 4.13. The fourth-order valence-corrected chi connectivity index (χ4v) is 1.95. The minimum Gasteiger partial charge on any atom is -0.394 e. The summed E-state index contributed by atoms with van der Waals surface area (Å²) in [5.74, 6) is -0.0257. The highest BCUT2D eigenvalue weighted by Gasteiger charge is 2.09. The summed E-state index contributed by atoms with van der Waals surface area (Å²) in [6.07, 6.45) is 4.63. The van der Waals surface area contributed by atoms with Crippen LogP contribution in [0.1, 0.15) is 44.2 Å². The van der Waals surface area contributed by atoms with Crippen LogP contribution in [0.2, 0.25) is 0 Å². The van der Waals surface area contributed by atoms with Crippen LogP contribution in [0.5, 0.6) is 0 Å². The molecule has 0 aromatic heterocycles. The highest BCUT2D eigenvalue weighted by Crippen LogP contribution is 2.08. The number of aryl methyl sites for hydroxylation is 1. The van der Waals surface area contributed by atoms with E-state index < -0.39 is 0 Å². The number of benzene rings is 1. The van der Waals surface area contributed by atoms with Crippen LogP contribution in [0.15, 0.2) is 24.3 Å². The number of carbonyl (C=O) groups is 1. The minimum absolute atomic E-state index is 0.00179. The van der Waals surface area contributed by atoms with Gasteiger partial charge in [-0.1, -0.05) is 44.5 Å². The van der Waals surface area contributed by atoms with Gasteiger partial charge in [0.2, 0.25) is 5.91 Å². The van der Waals surface area contributed by atoms with Gasteiger partial charge in [-0.25, -0.2) is 0 Å². The Balaban J connectivity index is 2.46. The van der Waals surface area contributed by atoms with Crippen LogP contribution in [0.4, 0.5) is 0 Å². The van der Waals surface area contributed by atoms with Gasteiger partial charge in [-0.2, -0.15) is 0 Å². The number of unbranched alkanes of at least 4 members (excludes halogenated alkanes) is 1. The van der Waals surface area contributed by atoms with Gasteiger partial charge in [0.25, 0.3) is 0 Å². The Morgan fingerprint density at radius 3 is 2.37 bits per heavy atom. The summed E-state index contributed by atoms with van der Waals surface area (Å²) in [7, 11) is 0. The van der Waals surface area contributed by atoms with Crippen LogP contribution in [0.25, 0.3) is 0 Å². The van der Waals surface area contributed by atoms with Crippen LogP contribution < -0.4 is 5.32 Å². The van der Waals surface area contributed by atoms with Crippen molar-refractivity contribution in [1.82, 2.24) is 5.32 Å². The molecule has 0 radical (unpaired) electrons. The summed E-state index contributed by atoms with van der Waals surface area (Å²) in [4.78, 5) is 11.8. The molecule has 106 valence electrons. The fourth-order valence-electron chi connectivity index (χ4n) is 1.95. The fraction of sp³-hybridized carbons (Fsp3) is 0.562. The smallest absolute Gasteiger partial charge is 0.224 e. The first-order valence-corrected chi connectivity index (χ1v) is 7.17. The van der Waals surface area contributed by atoms with Gasteiger partial charge >= 0.3 is 0 Å². The predicted octanol–water partition coefficient (Wildman–Crippen LogP) is 2.46. The van der Waals surface area contributed by atoms with E-state index in [0.29, 0.717) is 6.42 Å². The van der Waals surface area contributed by atoms with Gasteiger partial charge in [0.05, 0.1) is 19.1 Å². The zero-order valence-electron chi connectivity index (χ0n) is 12.0. The SMILES string of the molecule is CCCCc1ccc(CC(=O)N[C@@H](CC)CO)cc1. The zero-order chi connectivity index (χ0) is 14.1. The summed E-state index contributed by atoms with van der Waals surface area (Å²) >= 11 is 0. The van der Waals surface area contributed by atoms with Crippen LogP contribution >= 0.6 is 0 Å². The normalized spacial score (nSPS) is 12.2. The zero-order valence-corrected chi connectivity index (χ0v) is 12.0. The van der Waals surface area contributed by atoms with E-state index in [-0.39, 0.29) is 18.6 Å². The number of hydrogen-bond acceptors (Lipinski definition) is 2. The molecule has 0 aliphatic heterocycles. The van der Waals surface area contributed by atoms with Gasteiger partial charge < -0.3 is 10.4 Å². The Labute approximate surface area is 116 Å². The van der Waals surface area contributed by atoms with Gasteiger partial charge in [0.1, 0.15) is 0 Å². The number of aliphatic hydroxyl groups is 1. The van der Waals surface area contributed by atoms with Gasteiger partial charge in [0, 0.05) is 0 Å². The summed E-state index contributed by atoms with van der Waals surface area (Å²) in [5, 5.41) is 11.9. The molecule has 0 saturated heterocycles. The van der Waals surface area contributed by atoms with E-state index in [9.17, 15) is 4.79 Å². The van der Waals surface area contributed by atoms with E-state index in [4.69, 9.17) is 5.11 Å². The molecule has 1 amide bonds. The van der Waals surface area contributed by atoms with Crippen molar-refractivity contribution >= 4 is 5.91 Å². The van der Waals surface area contributed by atoms with Gasteiger partial charge in [0.15, 0.2) is 0 Å². The second-order valence-corrected chi connectivity index (χ2v) is 4.95. The molecule has 0 saturated carbocycles. The molecule has 19 heavy (non-hydrogen) atoms. The van der Waals surface area contributed by atoms with Crippen molar-refractivity contribution in [3.05, 3.63) is 35.4 Å². The van der Waals surface area contributed by atoms with E-state index in [1.807, 2.05) is 19.1 Å². The second kappa shape index (κ2) is 8.70. The Morgan fingerprint density at radius 1 is 1.21 bits per heavy atom. The standard InChI is InChI=1S/C16H25NO2/c1-3-5-6-13-7-9-14(10-8-13)11-16(19)17-15(4-2)12-18/h7-10,15,18H,3-6,11-12H2,1-2H3,(H,17,19)/t15-/m0/s1. The monoisotopic (exact) mass is 263 g/mol. The van der Waals surface area contributed by atoms with Crippen LogP contribution in [0.3, 0.4) is 0 Å². The number of nitrogens with one attached hydrogen (secondary N) is 1. The number of amides is 1. The molecule has 0 heterocycles. The number of rotatable bonds is 8. The van der Waals surface area contributed by atoms with E-state index in [1.165, 1.54) is 18.4 Å². The summed E-state index contributed by atoms with van der Waals surface area (Å²) in [5.41, 5.74) is 2.35. The average molecular weight is 263 g/mol. The lowest BCUT2D eigenvalue weighted by atomic mass is 10.0. The van der Waals surface area contributed by atoms with Crippen LogP contribution in [0, 0.1) is 0 Å². The molecular weight excluding hydrogens is 238 g/mol. The van der Waals surface area contributed by atoms with E-state index >= 15 is 0 Å². The Morgan fingerprint density at radius 2 is 1.84 bits per heavy atom. The quantitative estimate of drug-likeness (QED) is 0.757. The predicted molar refractivity (Wildman–Crippen MR) is 78.1 cm³/mol. The molecule has 1 atom stereocenters. The van der Waals surface area contributed by atoms with Crippen molar-refractivity contribution in [3.63, 3.8) is 0 Å². The molecule has 0 fully saturated rings. The van der Waals surface area contributed by atoms with Crippen LogP contribution in [-0.2, 0) is 17.6 Å². The van der Waals surface area contributed by atoms with Crippen molar-refractivity contribution in [1.29, 1.82) is 0 Å². The summed E-state index contributed by atoms with van der Waals surface area (Å²) in [6, 6.07) is 8.11. The third-order valence-corrected chi connectivity index (χ3v) is 3.28. The topological polar surface area (TPSA) is 49.3 Å². The second-order valence-electron chi connectivity index (χ2n) is 4.95. The first-order valence-electron chi connectivity index (χ1n) is 7.17. The van der Waals surface area contributed by atoms with Crippen molar-refractivity contribution in [2.75, 3.05) is 6.61 Å². The average Bonchev–Trinajstić information content (AvgIpc) is 2.44. The Kier molecular flexibility index (Phi) is 7.19. The molecule has 2 N–H and O–H groups in total. The first-order chi connectivity index (χ1) is 9.19. The maximum absolute atomic E-state index is 11.8. The van der Waals surface area contributed by atoms with Crippen LogP contribution in [-0.4, -0.2) is 23.7 Å². The minimum atomic E-state index is -0.128. The van der Waals surface area contributed by atoms with Crippen molar-refractivity contribution in [3.8, 4) is 0 Å². The molecule has 0 bridgehead atoms. The van der Waals surface area contributed by atoms with Gasteiger partial charge in [-0.3, -0.25) is 4.79 Å². The van der Waals surface area contributed by atoms with Crippen molar-refractivity contribution < 1.29 is 9.90 Å². The maximum atomic E-state index is 11.8. The maximum Gasteiger partial charge on any atom is 0.224 e. The number of hydrogen-bond donors (Lipinski definition) is 2. The van der Waals surface area contributed by atoms with E-state index in [0.717, 1.165) is 18.4 Å². The largest absolute Gasteiger partial charge is 0.394 e. The summed E-state index contributed by atoms with van der Waals surface area (Å²) < 4.78 is 0. The number of carbonyl (C=O) groups excluding carboxylic acids is 1. The Bertz CT molecular complexity index is 369. The molecule has 3 nitrogen and oxygen atoms in total. The highest BCUT2D eigenvalue weighted by molar-refractivity contribution is 5.78.